The van der Waals surface area contributed by atoms with Crippen molar-refractivity contribution in [3.63, 3.8) is 0 Å². The number of amides is 1. The van der Waals surface area contributed by atoms with Crippen LogP contribution in [-0.4, -0.2) is 52.8 Å². The van der Waals surface area contributed by atoms with Crippen molar-refractivity contribution in [1.82, 2.24) is 5.32 Å². The molecule has 10 heteroatoms. The molecule has 1 heterocycles. The molecule has 0 bridgehead atoms. The number of esters is 1. The van der Waals surface area contributed by atoms with Gasteiger partial charge in [0.25, 0.3) is 5.72 Å². The lowest BCUT2D eigenvalue weighted by Crippen LogP contribution is -2.51. The fourth-order valence-corrected chi connectivity index (χ4v) is 3.53. The molecule has 0 fully saturated rings. The first kappa shape index (κ1) is 20.2. The van der Waals surface area contributed by atoms with Gasteiger partial charge >= 0.3 is 12.1 Å². The zero-order valence-corrected chi connectivity index (χ0v) is 14.8. The van der Waals surface area contributed by atoms with Gasteiger partial charge in [-0.05, 0) is 18.6 Å². The number of carbonyl (C=O) groups is 2. The van der Waals surface area contributed by atoms with Crippen LogP contribution in [0.15, 0.2) is 29.3 Å². The Morgan fingerprint density at radius 1 is 1.50 bits per heavy atom. The summed E-state index contributed by atoms with van der Waals surface area (Å²) in [5.74, 6) is -1.28. The number of hydrogen-bond donors (Lipinski definition) is 2. The minimum Gasteiger partial charge on any atom is -0.467 e. The second kappa shape index (κ2) is 7.28. The molecular formula is C16H17F3N2O4S. The Bertz CT molecular complexity index is 740. The molecule has 0 spiro atoms. The molecule has 1 aromatic rings. The van der Waals surface area contributed by atoms with Gasteiger partial charge in [0.2, 0.25) is 6.41 Å². The van der Waals surface area contributed by atoms with E-state index in [9.17, 15) is 27.9 Å². The number of benzene rings is 1. The average Bonchev–Trinajstić information content (AvgIpc) is 2.98. The molecule has 6 nitrogen and oxygen atoms in total. The summed E-state index contributed by atoms with van der Waals surface area (Å²) in [5.41, 5.74) is -3.48. The smallest absolute Gasteiger partial charge is 0.439 e. The molecule has 1 amide bonds. The number of rotatable bonds is 6. The van der Waals surface area contributed by atoms with Gasteiger partial charge < -0.3 is 15.2 Å². The second-order valence-corrected chi connectivity index (χ2v) is 6.95. The molecule has 2 N–H and O–H groups in total. The van der Waals surface area contributed by atoms with Crippen LogP contribution in [0, 0.1) is 0 Å². The number of methoxy groups -OCH3 is 1. The monoisotopic (exact) mass is 390 g/mol. The van der Waals surface area contributed by atoms with Crippen molar-refractivity contribution in [2.75, 3.05) is 12.9 Å². The van der Waals surface area contributed by atoms with E-state index >= 15 is 0 Å². The summed E-state index contributed by atoms with van der Waals surface area (Å²) in [6.45, 7) is 1.48. The van der Waals surface area contributed by atoms with Crippen LogP contribution in [0.4, 0.5) is 13.2 Å². The van der Waals surface area contributed by atoms with Gasteiger partial charge in [-0.1, -0.05) is 18.2 Å². The van der Waals surface area contributed by atoms with Crippen molar-refractivity contribution in [3.8, 4) is 0 Å². The molecule has 2 rings (SSSR count). The van der Waals surface area contributed by atoms with Crippen molar-refractivity contribution in [3.05, 3.63) is 35.4 Å². The Hall–Kier alpha value is -2.07. The van der Waals surface area contributed by atoms with Crippen LogP contribution in [0.1, 0.15) is 18.1 Å². The SMILES string of the molecule is COC(=O)[C@](C)(Cc1cccc(C2=NC(O)(C(F)(F)F)CS2)c1)NC=O. The summed E-state index contributed by atoms with van der Waals surface area (Å²) in [7, 11) is 1.19. The average molecular weight is 390 g/mol. The minimum atomic E-state index is -4.86. The van der Waals surface area contributed by atoms with E-state index in [0.29, 0.717) is 17.5 Å². The van der Waals surface area contributed by atoms with Gasteiger partial charge in [-0.15, -0.1) is 11.8 Å². The summed E-state index contributed by atoms with van der Waals surface area (Å²) in [6, 6.07) is 6.37. The highest BCUT2D eigenvalue weighted by molar-refractivity contribution is 8.14. The largest absolute Gasteiger partial charge is 0.467 e. The van der Waals surface area contributed by atoms with Crippen molar-refractivity contribution in [2.24, 2.45) is 4.99 Å². The van der Waals surface area contributed by atoms with E-state index in [4.69, 9.17) is 0 Å². The van der Waals surface area contributed by atoms with E-state index in [1.165, 1.54) is 14.0 Å². The zero-order valence-electron chi connectivity index (χ0n) is 14.0. The first-order chi connectivity index (χ1) is 12.0. The van der Waals surface area contributed by atoms with Crippen LogP contribution in [0.2, 0.25) is 0 Å². The predicted molar refractivity (Wildman–Crippen MR) is 89.8 cm³/mol. The Kier molecular flexibility index (Phi) is 5.67. The van der Waals surface area contributed by atoms with Gasteiger partial charge in [0.15, 0.2) is 0 Å². The Labute approximate surface area is 151 Å². The number of alkyl halides is 3. The van der Waals surface area contributed by atoms with Gasteiger partial charge in [0.1, 0.15) is 10.6 Å². The molecule has 0 saturated carbocycles. The predicted octanol–water partition coefficient (Wildman–Crippen LogP) is 1.65. The van der Waals surface area contributed by atoms with Crippen molar-refractivity contribution in [1.29, 1.82) is 0 Å². The molecule has 0 radical (unpaired) electrons. The summed E-state index contributed by atoms with van der Waals surface area (Å²) in [4.78, 5) is 26.2. The zero-order chi connectivity index (χ0) is 19.6. The van der Waals surface area contributed by atoms with Crippen LogP contribution >= 0.6 is 11.8 Å². The van der Waals surface area contributed by atoms with E-state index < -0.39 is 29.2 Å². The van der Waals surface area contributed by atoms with Crippen LogP contribution in [0.25, 0.3) is 0 Å². The molecule has 2 atom stereocenters. The highest BCUT2D eigenvalue weighted by atomic mass is 32.2. The maximum Gasteiger partial charge on any atom is 0.439 e. The number of carbonyl (C=O) groups excluding carboxylic acids is 2. The summed E-state index contributed by atoms with van der Waals surface area (Å²) < 4.78 is 43.3. The fraction of sp³-hybridized carbons (Fsp3) is 0.438. The number of thioether (sulfide) groups is 1. The van der Waals surface area contributed by atoms with Gasteiger partial charge in [-0.3, -0.25) is 4.79 Å². The normalized spacial score (nSPS) is 22.3. The topological polar surface area (TPSA) is 88.0 Å². The Morgan fingerprint density at radius 3 is 2.73 bits per heavy atom. The fourth-order valence-electron chi connectivity index (χ4n) is 2.45. The molecule has 1 aliphatic rings. The van der Waals surface area contributed by atoms with E-state index in [-0.39, 0.29) is 11.5 Å². The standard InChI is InChI=1S/C16H17F3N2O4S/c1-14(20-9-22,13(23)25-2)7-10-4-3-5-11(6-10)12-21-15(24,8-26-12)16(17,18)19/h3-6,9,24H,7-8H2,1-2H3,(H,20,22)/t14-,15?/m0/s1. The van der Waals surface area contributed by atoms with Crippen LogP contribution in [0.5, 0.6) is 0 Å². The van der Waals surface area contributed by atoms with E-state index in [0.717, 1.165) is 11.8 Å². The number of ether oxygens (including phenoxy) is 1. The lowest BCUT2D eigenvalue weighted by Gasteiger charge is -2.26. The lowest BCUT2D eigenvalue weighted by atomic mass is 9.92. The van der Waals surface area contributed by atoms with Crippen molar-refractivity contribution >= 4 is 29.2 Å². The summed E-state index contributed by atoms with van der Waals surface area (Å²) in [6.07, 6.45) is -4.43. The lowest BCUT2D eigenvalue weighted by molar-refractivity contribution is -0.245. The quantitative estimate of drug-likeness (QED) is 0.570. The minimum absolute atomic E-state index is 0.0507. The number of halogens is 3. The molecular weight excluding hydrogens is 373 g/mol. The van der Waals surface area contributed by atoms with Crippen LogP contribution in [-0.2, 0) is 20.7 Å². The Morgan fingerprint density at radius 2 is 2.19 bits per heavy atom. The van der Waals surface area contributed by atoms with Crippen LogP contribution < -0.4 is 5.32 Å². The van der Waals surface area contributed by atoms with E-state index in [1.807, 2.05) is 0 Å². The molecule has 0 aliphatic carbocycles. The molecule has 1 aromatic carbocycles. The first-order valence-corrected chi connectivity index (χ1v) is 8.44. The molecule has 0 aromatic heterocycles. The highest BCUT2D eigenvalue weighted by Crippen LogP contribution is 2.40. The molecule has 1 aliphatic heterocycles. The Balaban J connectivity index is 2.30. The molecule has 0 saturated heterocycles. The van der Waals surface area contributed by atoms with E-state index in [2.05, 4.69) is 15.0 Å². The van der Waals surface area contributed by atoms with Gasteiger partial charge in [-0.2, -0.15) is 13.2 Å². The van der Waals surface area contributed by atoms with Crippen molar-refractivity contribution in [2.45, 2.75) is 30.8 Å². The van der Waals surface area contributed by atoms with E-state index in [1.54, 1.807) is 24.3 Å². The molecule has 142 valence electrons. The third-order valence-corrected chi connectivity index (χ3v) is 5.04. The van der Waals surface area contributed by atoms with Gasteiger partial charge in [-0.25, -0.2) is 9.79 Å². The number of aliphatic imine (C=N–C) groups is 1. The maximum absolute atomic E-state index is 12.9. The molecule has 26 heavy (non-hydrogen) atoms. The number of hydrogen-bond acceptors (Lipinski definition) is 6. The third kappa shape index (κ3) is 4.01. The highest BCUT2D eigenvalue weighted by Gasteiger charge is 2.56. The van der Waals surface area contributed by atoms with Gasteiger partial charge in [0, 0.05) is 12.0 Å². The summed E-state index contributed by atoms with van der Waals surface area (Å²) >= 11 is 0.794. The first-order valence-electron chi connectivity index (χ1n) is 7.45. The third-order valence-electron chi connectivity index (χ3n) is 3.90. The summed E-state index contributed by atoms with van der Waals surface area (Å²) in [5, 5.41) is 12.1. The van der Waals surface area contributed by atoms with Gasteiger partial charge in [0.05, 0.1) is 12.9 Å². The maximum atomic E-state index is 12.9. The second-order valence-electron chi connectivity index (χ2n) is 5.98. The number of nitrogens with one attached hydrogen (secondary N) is 1. The number of aliphatic hydroxyl groups is 1. The van der Waals surface area contributed by atoms with Crippen molar-refractivity contribution < 1.29 is 32.6 Å². The molecule has 1 unspecified atom stereocenters. The number of nitrogens with zero attached hydrogens (tertiary/aromatic N) is 1. The van der Waals surface area contributed by atoms with Crippen LogP contribution in [0.3, 0.4) is 0 Å².